The number of rotatable bonds is 15. The highest BCUT2D eigenvalue weighted by Gasteiger charge is 2.42. The second kappa shape index (κ2) is 15.1. The van der Waals surface area contributed by atoms with Crippen molar-refractivity contribution in [3.63, 3.8) is 0 Å². The van der Waals surface area contributed by atoms with Crippen molar-refractivity contribution < 1.29 is 38.9 Å². The minimum absolute atomic E-state index is 0.102. The first-order valence-electron chi connectivity index (χ1n) is 13.9. The van der Waals surface area contributed by atoms with Gasteiger partial charge in [0.25, 0.3) is 5.09 Å². The van der Waals surface area contributed by atoms with Crippen molar-refractivity contribution in [1.29, 1.82) is 0 Å². The van der Waals surface area contributed by atoms with Gasteiger partial charge < -0.3 is 24.7 Å². The SMILES string of the molecule is CCC(O[N+](=O)[O-])[C@H]1OC[C@H](OC(=O)C(C)C[C@@H](Cc2ccc(-c3ccccc3)cc2)NC(=O)CCC(=O)O)[C@H]1C. The standard InChI is InChI=1S/C30H38N2O9/c1-4-25(41-32(37)38)29-20(3)26(18-39-29)40-30(36)19(2)16-24(31-27(33)14-15-28(34)35)17-21-10-12-23(13-11-21)22-8-6-5-7-9-22/h5-13,19-20,24-26,29H,4,14-18H2,1-3H3,(H,31,33)(H,34,35)/t19?,20-,24+,25?,26+,29+/m1/s1. The second-order valence-corrected chi connectivity index (χ2v) is 10.5. The average Bonchev–Trinajstić information content (AvgIpc) is 3.30. The molecule has 0 saturated carbocycles. The lowest BCUT2D eigenvalue weighted by atomic mass is 9.94. The number of carbonyl (C=O) groups is 3. The lowest BCUT2D eigenvalue weighted by Crippen LogP contribution is -2.40. The van der Waals surface area contributed by atoms with Crippen LogP contribution in [0.25, 0.3) is 11.1 Å². The van der Waals surface area contributed by atoms with Gasteiger partial charge in [-0.25, -0.2) is 0 Å². The first kappa shape index (κ1) is 31.5. The van der Waals surface area contributed by atoms with Gasteiger partial charge in [0.15, 0.2) is 0 Å². The maximum absolute atomic E-state index is 13.1. The van der Waals surface area contributed by atoms with Crippen molar-refractivity contribution in [3.05, 3.63) is 70.3 Å². The molecule has 6 atom stereocenters. The molecule has 11 heteroatoms. The van der Waals surface area contributed by atoms with E-state index in [1.54, 1.807) is 20.8 Å². The van der Waals surface area contributed by atoms with Gasteiger partial charge in [-0.3, -0.25) is 14.4 Å². The fourth-order valence-electron chi connectivity index (χ4n) is 5.04. The fourth-order valence-corrected chi connectivity index (χ4v) is 5.04. The van der Waals surface area contributed by atoms with Crippen LogP contribution in [-0.4, -0.2) is 59.0 Å². The normalized spacial score (nSPS) is 20.4. The molecule has 3 rings (SSSR count). The molecule has 2 unspecified atom stereocenters. The van der Waals surface area contributed by atoms with Crippen LogP contribution >= 0.6 is 0 Å². The van der Waals surface area contributed by atoms with E-state index in [0.717, 1.165) is 16.7 Å². The average molecular weight is 571 g/mol. The van der Waals surface area contributed by atoms with E-state index in [1.807, 2.05) is 54.6 Å². The number of carboxylic acid groups (broad SMARTS) is 1. The Morgan fingerprint density at radius 2 is 1.76 bits per heavy atom. The van der Waals surface area contributed by atoms with Gasteiger partial charge in [-0.05, 0) is 36.0 Å². The van der Waals surface area contributed by atoms with Crippen molar-refractivity contribution in [1.82, 2.24) is 5.32 Å². The summed E-state index contributed by atoms with van der Waals surface area (Å²) >= 11 is 0. The van der Waals surface area contributed by atoms with Gasteiger partial charge >= 0.3 is 11.9 Å². The molecule has 222 valence electrons. The minimum atomic E-state index is -1.06. The van der Waals surface area contributed by atoms with Crippen LogP contribution in [0.1, 0.15) is 52.0 Å². The van der Waals surface area contributed by atoms with Crippen molar-refractivity contribution in [3.8, 4) is 11.1 Å². The molecule has 1 aliphatic rings. The molecule has 1 heterocycles. The molecule has 1 saturated heterocycles. The third-order valence-electron chi connectivity index (χ3n) is 7.33. The molecule has 41 heavy (non-hydrogen) atoms. The smallest absolute Gasteiger partial charge is 0.309 e. The summed E-state index contributed by atoms with van der Waals surface area (Å²) in [6.07, 6.45) is -1.32. The van der Waals surface area contributed by atoms with E-state index in [-0.39, 0.29) is 31.8 Å². The number of aliphatic carboxylic acids is 1. The molecule has 1 aliphatic heterocycles. The predicted octanol–water partition coefficient (Wildman–Crippen LogP) is 4.21. The Bertz CT molecular complexity index is 1170. The molecule has 2 aromatic rings. The van der Waals surface area contributed by atoms with E-state index in [0.29, 0.717) is 12.8 Å². The Balaban J connectivity index is 1.64. The maximum Gasteiger partial charge on any atom is 0.309 e. The van der Waals surface area contributed by atoms with Crippen molar-refractivity contribution in [2.75, 3.05) is 6.61 Å². The van der Waals surface area contributed by atoms with Crippen LogP contribution in [0.15, 0.2) is 54.6 Å². The molecular weight excluding hydrogens is 532 g/mol. The molecule has 2 N–H and O–H groups in total. The topological polar surface area (TPSA) is 154 Å². The first-order valence-corrected chi connectivity index (χ1v) is 13.9. The van der Waals surface area contributed by atoms with E-state index in [2.05, 4.69) is 5.32 Å². The number of nitrogens with one attached hydrogen (secondary N) is 1. The third kappa shape index (κ3) is 9.56. The van der Waals surface area contributed by atoms with Gasteiger partial charge in [0.2, 0.25) is 5.91 Å². The van der Waals surface area contributed by atoms with Crippen LogP contribution < -0.4 is 5.32 Å². The van der Waals surface area contributed by atoms with Gasteiger partial charge in [-0.1, -0.05) is 75.4 Å². The summed E-state index contributed by atoms with van der Waals surface area (Å²) in [4.78, 5) is 52.1. The highest BCUT2D eigenvalue weighted by Crippen LogP contribution is 2.30. The lowest BCUT2D eigenvalue weighted by molar-refractivity contribution is -0.771. The number of carbonyl (C=O) groups excluding carboxylic acids is 2. The number of ether oxygens (including phenoxy) is 2. The zero-order valence-electron chi connectivity index (χ0n) is 23.6. The van der Waals surface area contributed by atoms with Crippen molar-refractivity contribution >= 4 is 17.8 Å². The van der Waals surface area contributed by atoms with Gasteiger partial charge in [-0.2, -0.15) is 0 Å². The predicted molar refractivity (Wildman–Crippen MR) is 149 cm³/mol. The molecule has 1 fully saturated rings. The zero-order valence-corrected chi connectivity index (χ0v) is 23.6. The van der Waals surface area contributed by atoms with Crippen molar-refractivity contribution in [2.45, 2.75) is 77.2 Å². The largest absolute Gasteiger partial charge is 0.481 e. The summed E-state index contributed by atoms with van der Waals surface area (Å²) < 4.78 is 11.4. The fraction of sp³-hybridized carbons (Fsp3) is 0.500. The molecular formula is C30H38N2O9. The molecule has 0 radical (unpaired) electrons. The maximum atomic E-state index is 13.1. The Morgan fingerprint density at radius 1 is 1.10 bits per heavy atom. The first-order chi connectivity index (χ1) is 19.6. The third-order valence-corrected chi connectivity index (χ3v) is 7.33. The number of hydrogen-bond acceptors (Lipinski definition) is 8. The quantitative estimate of drug-likeness (QED) is 0.182. The van der Waals surface area contributed by atoms with Crippen LogP contribution in [0.2, 0.25) is 0 Å². The van der Waals surface area contributed by atoms with Crippen LogP contribution in [0.3, 0.4) is 0 Å². The number of hydrogen-bond donors (Lipinski definition) is 2. The zero-order chi connectivity index (χ0) is 29.9. The summed E-state index contributed by atoms with van der Waals surface area (Å²) in [6, 6.07) is 17.4. The van der Waals surface area contributed by atoms with Crippen molar-refractivity contribution in [2.24, 2.45) is 11.8 Å². The highest BCUT2D eigenvalue weighted by molar-refractivity contribution is 5.81. The Hall–Kier alpha value is -3.99. The van der Waals surface area contributed by atoms with Gasteiger partial charge in [-0.15, -0.1) is 10.1 Å². The molecule has 0 bridgehead atoms. The number of amides is 1. The van der Waals surface area contributed by atoms with Gasteiger partial charge in [0.1, 0.15) is 12.2 Å². The number of carboxylic acids is 1. The summed E-state index contributed by atoms with van der Waals surface area (Å²) in [5, 5.41) is 21.8. The van der Waals surface area contributed by atoms with Crippen LogP contribution in [0.5, 0.6) is 0 Å². The van der Waals surface area contributed by atoms with E-state index < -0.39 is 53.2 Å². The number of nitrogens with zero attached hydrogens (tertiary/aromatic N) is 1. The molecule has 0 spiro atoms. The Kier molecular flexibility index (Phi) is 11.6. The molecule has 2 aromatic carbocycles. The minimum Gasteiger partial charge on any atom is -0.481 e. The van der Waals surface area contributed by atoms with Gasteiger partial charge in [0.05, 0.1) is 25.0 Å². The number of benzene rings is 2. The summed E-state index contributed by atoms with van der Waals surface area (Å²) in [5.74, 6) is -2.85. The van der Waals surface area contributed by atoms with E-state index in [4.69, 9.17) is 19.4 Å². The van der Waals surface area contributed by atoms with Crippen LogP contribution in [0.4, 0.5) is 0 Å². The summed E-state index contributed by atoms with van der Waals surface area (Å²) in [5.41, 5.74) is 3.08. The van der Waals surface area contributed by atoms with E-state index in [9.17, 15) is 24.5 Å². The summed E-state index contributed by atoms with van der Waals surface area (Å²) in [7, 11) is 0. The van der Waals surface area contributed by atoms with E-state index in [1.165, 1.54) is 0 Å². The summed E-state index contributed by atoms with van der Waals surface area (Å²) in [6.45, 7) is 5.37. The number of esters is 1. The van der Waals surface area contributed by atoms with Crippen LogP contribution in [0, 0.1) is 22.0 Å². The van der Waals surface area contributed by atoms with Gasteiger partial charge in [0, 0.05) is 18.4 Å². The second-order valence-electron chi connectivity index (χ2n) is 10.5. The van der Waals surface area contributed by atoms with E-state index >= 15 is 0 Å². The lowest BCUT2D eigenvalue weighted by Gasteiger charge is -2.26. The molecule has 1 amide bonds. The Labute approximate surface area is 239 Å². The highest BCUT2D eigenvalue weighted by atomic mass is 17.0. The van der Waals surface area contributed by atoms with Crippen LogP contribution in [-0.2, 0) is 35.1 Å². The molecule has 0 aromatic heterocycles. The monoisotopic (exact) mass is 570 g/mol. The molecule has 0 aliphatic carbocycles. The Morgan fingerprint density at radius 3 is 2.37 bits per heavy atom. The molecule has 11 nitrogen and oxygen atoms in total.